The van der Waals surface area contributed by atoms with Crippen LogP contribution in [0, 0.1) is 12.8 Å². The lowest BCUT2D eigenvalue weighted by molar-refractivity contribution is -0.137. The number of hydrogen-bond donors (Lipinski definition) is 1. The largest absolute Gasteiger partial charge is 0.512 e. The summed E-state index contributed by atoms with van der Waals surface area (Å²) < 4.78 is 44.3. The third-order valence-corrected chi connectivity index (χ3v) is 7.73. The quantitative estimate of drug-likeness (QED) is 0.278. The number of pyridine rings is 1. The van der Waals surface area contributed by atoms with Gasteiger partial charge in [-0.25, -0.2) is 4.98 Å². The fourth-order valence-electron chi connectivity index (χ4n) is 4.40. The summed E-state index contributed by atoms with van der Waals surface area (Å²) in [4.78, 5) is 18.0. The highest BCUT2D eigenvalue weighted by atomic mass is 35.5. The van der Waals surface area contributed by atoms with E-state index in [1.165, 1.54) is 10.5 Å². The van der Waals surface area contributed by atoms with Crippen molar-refractivity contribution >= 4 is 34.7 Å². The molecule has 2 aromatic carbocycles. The van der Waals surface area contributed by atoms with E-state index in [9.17, 15) is 23.1 Å². The van der Waals surface area contributed by atoms with E-state index in [1.54, 1.807) is 30.0 Å². The van der Waals surface area contributed by atoms with Crippen LogP contribution in [0.4, 0.5) is 13.2 Å². The molecule has 38 heavy (non-hydrogen) atoms. The van der Waals surface area contributed by atoms with Crippen LogP contribution < -0.4 is 4.74 Å². The van der Waals surface area contributed by atoms with Crippen LogP contribution in [0.2, 0.25) is 5.02 Å². The van der Waals surface area contributed by atoms with Gasteiger partial charge in [0.2, 0.25) is 5.88 Å². The number of aromatic nitrogens is 1. The highest BCUT2D eigenvalue weighted by Crippen LogP contribution is 2.38. The Hall–Kier alpha value is -2.97. The van der Waals surface area contributed by atoms with Crippen molar-refractivity contribution in [3.05, 3.63) is 87.8 Å². The van der Waals surface area contributed by atoms with Crippen LogP contribution in [0.15, 0.2) is 65.4 Å². The van der Waals surface area contributed by atoms with E-state index in [0.717, 1.165) is 23.8 Å². The lowest BCUT2D eigenvalue weighted by atomic mass is 9.81. The van der Waals surface area contributed by atoms with Gasteiger partial charge in [0.1, 0.15) is 16.5 Å². The molecule has 0 saturated carbocycles. The summed E-state index contributed by atoms with van der Waals surface area (Å²) in [5, 5.41) is 10.6. The van der Waals surface area contributed by atoms with E-state index < -0.39 is 11.7 Å². The first kappa shape index (κ1) is 28.0. The number of aryl methyl sites for hydroxylation is 2. The number of hydrogen-bond acceptors (Lipinski definition) is 5. The highest BCUT2D eigenvalue weighted by Gasteiger charge is 2.32. The highest BCUT2D eigenvalue weighted by molar-refractivity contribution is 7.99. The van der Waals surface area contributed by atoms with Crippen LogP contribution in [0.1, 0.15) is 48.4 Å². The van der Waals surface area contributed by atoms with Gasteiger partial charge in [0.05, 0.1) is 11.1 Å². The van der Waals surface area contributed by atoms with Gasteiger partial charge in [0.25, 0.3) is 0 Å². The Labute approximate surface area is 228 Å². The van der Waals surface area contributed by atoms with Crippen LogP contribution in [0.25, 0.3) is 5.57 Å². The first-order valence-electron chi connectivity index (χ1n) is 12.2. The van der Waals surface area contributed by atoms with Gasteiger partial charge in [0, 0.05) is 23.9 Å². The van der Waals surface area contributed by atoms with E-state index in [-0.39, 0.29) is 28.4 Å². The molecule has 0 fully saturated rings. The molecule has 200 valence electrons. The molecule has 1 N–H and O–H groups in total. The number of aliphatic hydroxyl groups is 1. The van der Waals surface area contributed by atoms with Crippen molar-refractivity contribution in [3.8, 4) is 11.6 Å². The van der Waals surface area contributed by atoms with Gasteiger partial charge >= 0.3 is 6.18 Å². The number of ether oxygens (including phenoxy) is 1. The molecule has 0 saturated heterocycles. The number of Topliss-reactive ketones (excluding diaryl/α,β-unsaturated/α-hetero) is 1. The van der Waals surface area contributed by atoms with Crippen LogP contribution in [-0.2, 0) is 17.4 Å². The third kappa shape index (κ3) is 6.72. The number of ketones is 1. The Morgan fingerprint density at radius 2 is 1.87 bits per heavy atom. The molecule has 1 aliphatic rings. The molecule has 1 atom stereocenters. The molecular weight excluding hydrogens is 535 g/mol. The summed E-state index contributed by atoms with van der Waals surface area (Å²) in [7, 11) is 0. The smallest absolute Gasteiger partial charge is 0.417 e. The minimum Gasteiger partial charge on any atom is -0.512 e. The molecule has 0 spiro atoms. The van der Waals surface area contributed by atoms with E-state index in [4.69, 9.17) is 16.3 Å². The molecule has 1 aliphatic carbocycles. The zero-order chi connectivity index (χ0) is 27.4. The maximum absolute atomic E-state index is 13.1. The number of halogens is 4. The Kier molecular flexibility index (Phi) is 8.73. The van der Waals surface area contributed by atoms with E-state index >= 15 is 0 Å². The minimum atomic E-state index is -4.56. The number of aliphatic hydroxyl groups excluding tert-OH is 1. The van der Waals surface area contributed by atoms with Crippen LogP contribution >= 0.6 is 23.4 Å². The average molecular weight is 562 g/mol. The first-order chi connectivity index (χ1) is 18.0. The number of thioether (sulfide) groups is 1. The zero-order valence-corrected chi connectivity index (χ0v) is 22.5. The molecule has 1 unspecified atom stereocenters. The van der Waals surface area contributed by atoms with E-state index in [1.807, 2.05) is 13.8 Å². The summed E-state index contributed by atoms with van der Waals surface area (Å²) >= 11 is 7.71. The number of alkyl halides is 3. The second-order valence-corrected chi connectivity index (χ2v) is 10.8. The molecule has 0 aliphatic heterocycles. The van der Waals surface area contributed by atoms with Gasteiger partial charge in [-0.15, -0.1) is 11.8 Å². The summed E-state index contributed by atoms with van der Waals surface area (Å²) in [6.45, 7) is 3.95. The normalized spacial score (nSPS) is 16.2. The maximum atomic E-state index is 13.1. The fraction of sp³-hybridized carbons (Fsp3) is 0.310. The Morgan fingerprint density at radius 1 is 1.13 bits per heavy atom. The lowest BCUT2D eigenvalue weighted by Crippen LogP contribution is -2.20. The van der Waals surface area contributed by atoms with Crippen molar-refractivity contribution < 1.29 is 27.8 Å². The number of carbonyl (C=O) groups excluding carboxylic acids is 1. The van der Waals surface area contributed by atoms with Crippen molar-refractivity contribution in [2.45, 2.75) is 50.6 Å². The van der Waals surface area contributed by atoms with Gasteiger partial charge in [-0.2, -0.15) is 13.2 Å². The predicted molar refractivity (Wildman–Crippen MR) is 144 cm³/mol. The molecule has 4 rings (SSSR count). The van der Waals surface area contributed by atoms with Crippen molar-refractivity contribution in [1.82, 2.24) is 4.98 Å². The average Bonchev–Trinajstić information content (AvgIpc) is 2.86. The predicted octanol–water partition coefficient (Wildman–Crippen LogP) is 8.85. The van der Waals surface area contributed by atoms with Crippen molar-refractivity contribution in [3.63, 3.8) is 0 Å². The number of carbonyl (C=O) groups is 1. The van der Waals surface area contributed by atoms with Gasteiger partial charge in [-0.05, 0) is 72.9 Å². The summed E-state index contributed by atoms with van der Waals surface area (Å²) in [5.74, 6) is 1.07. The Balaban J connectivity index is 1.46. The molecule has 1 heterocycles. The number of nitrogens with zero attached hydrogens (tertiary/aromatic N) is 1. The second-order valence-electron chi connectivity index (χ2n) is 9.25. The Bertz CT molecular complexity index is 1360. The van der Waals surface area contributed by atoms with Crippen molar-refractivity contribution in [1.29, 1.82) is 0 Å². The molecular formula is C29H27ClF3NO3S. The first-order valence-corrected chi connectivity index (χ1v) is 13.6. The second kappa shape index (κ2) is 11.8. The zero-order valence-electron chi connectivity index (χ0n) is 20.9. The molecule has 9 heteroatoms. The molecule has 4 nitrogen and oxygen atoms in total. The molecule has 3 aromatic rings. The summed E-state index contributed by atoms with van der Waals surface area (Å²) in [5.41, 5.74) is 1.95. The summed E-state index contributed by atoms with van der Waals surface area (Å²) in [6, 6.07) is 14.0. The summed E-state index contributed by atoms with van der Waals surface area (Å²) in [6.07, 6.45) is -1.75. The van der Waals surface area contributed by atoms with E-state index in [0.29, 0.717) is 42.3 Å². The number of benzene rings is 2. The van der Waals surface area contributed by atoms with Crippen molar-refractivity contribution in [2.75, 3.05) is 5.75 Å². The Morgan fingerprint density at radius 3 is 2.50 bits per heavy atom. The maximum Gasteiger partial charge on any atom is 0.417 e. The molecule has 0 amide bonds. The fourth-order valence-corrected chi connectivity index (χ4v) is 5.62. The molecule has 1 aromatic heterocycles. The molecule has 0 radical (unpaired) electrons. The standard InChI is InChI=1S/C29H27ClF3NO3S/c1-3-19-14-21(37-28-24(30)15-20(16-34-28)29(31,32)33)6-9-23(19)27-25(35)12-18(13-26(27)36)10-11-38-22-7-4-17(2)5-8-22/h4-9,14-16,18,35H,3,10-13H2,1-2H3. The number of rotatable bonds is 8. The van der Waals surface area contributed by atoms with Crippen LogP contribution in [0.3, 0.4) is 0 Å². The van der Waals surface area contributed by atoms with Gasteiger partial charge in [0.15, 0.2) is 5.78 Å². The SMILES string of the molecule is CCc1cc(Oc2ncc(C(F)(F)F)cc2Cl)ccc1C1=C(O)CC(CCSc2ccc(C)cc2)CC1=O. The van der Waals surface area contributed by atoms with Crippen molar-refractivity contribution in [2.24, 2.45) is 5.92 Å². The van der Waals surface area contributed by atoms with Crippen LogP contribution in [-0.4, -0.2) is 21.6 Å². The van der Waals surface area contributed by atoms with Gasteiger partial charge < -0.3 is 9.84 Å². The molecule has 0 bridgehead atoms. The van der Waals surface area contributed by atoms with Gasteiger partial charge in [-0.1, -0.05) is 42.3 Å². The third-order valence-electron chi connectivity index (χ3n) is 6.42. The van der Waals surface area contributed by atoms with E-state index in [2.05, 4.69) is 29.2 Å². The monoisotopic (exact) mass is 561 g/mol. The van der Waals surface area contributed by atoms with Crippen LogP contribution in [0.5, 0.6) is 11.6 Å². The topological polar surface area (TPSA) is 59.4 Å². The number of allylic oxidation sites excluding steroid dienone is 2. The minimum absolute atomic E-state index is 0.0739. The lowest BCUT2D eigenvalue weighted by Gasteiger charge is -2.24. The van der Waals surface area contributed by atoms with Gasteiger partial charge in [-0.3, -0.25) is 4.79 Å².